The molecule has 0 spiro atoms. The molecule has 0 saturated heterocycles. The van der Waals surface area contributed by atoms with Crippen LogP contribution in [0.1, 0.15) is 6.92 Å². The summed E-state index contributed by atoms with van der Waals surface area (Å²) in [5.41, 5.74) is 1.19. The molecule has 9 heavy (non-hydrogen) atoms. The first-order valence-electron chi connectivity index (χ1n) is 3.27. The Balaban J connectivity index is 2.83. The Bertz CT molecular complexity index is 79.0. The molecule has 2 nitrogen and oxygen atoms in total. The average Bonchev–Trinajstić information content (AvgIpc) is 1.80. The largest absolute Gasteiger partial charge is 0.318 e. The number of hydrogen-bond acceptors (Lipinski definition) is 2. The SMILES string of the molecule is C=C(C)CNCCNC. The summed E-state index contributed by atoms with van der Waals surface area (Å²) in [6.45, 7) is 8.76. The molecule has 0 atom stereocenters. The predicted octanol–water partition coefficient (Wildman–Crippen LogP) is 0.371. The predicted molar refractivity (Wildman–Crippen MR) is 41.6 cm³/mol. The molecule has 0 saturated carbocycles. The lowest BCUT2D eigenvalue weighted by atomic mass is 10.3. The zero-order valence-electron chi connectivity index (χ0n) is 6.33. The maximum atomic E-state index is 3.77. The van der Waals surface area contributed by atoms with Gasteiger partial charge in [-0.1, -0.05) is 12.2 Å². The van der Waals surface area contributed by atoms with Crippen LogP contribution in [0.2, 0.25) is 0 Å². The first-order chi connectivity index (χ1) is 4.27. The summed E-state index contributed by atoms with van der Waals surface area (Å²) >= 11 is 0. The Hall–Kier alpha value is -0.340. The van der Waals surface area contributed by atoms with E-state index in [1.165, 1.54) is 5.57 Å². The third kappa shape index (κ3) is 7.66. The van der Waals surface area contributed by atoms with Crippen molar-refractivity contribution in [2.45, 2.75) is 6.92 Å². The summed E-state index contributed by atoms with van der Waals surface area (Å²) in [4.78, 5) is 0. The maximum Gasteiger partial charge on any atom is 0.0159 e. The fourth-order valence-corrected chi connectivity index (χ4v) is 0.515. The zero-order chi connectivity index (χ0) is 7.11. The van der Waals surface area contributed by atoms with Crippen molar-refractivity contribution in [1.82, 2.24) is 10.6 Å². The monoisotopic (exact) mass is 128 g/mol. The van der Waals surface area contributed by atoms with Crippen LogP contribution in [0.3, 0.4) is 0 Å². The highest BCUT2D eigenvalue weighted by Gasteiger charge is 1.83. The number of hydrogen-bond donors (Lipinski definition) is 2. The molecule has 0 aliphatic heterocycles. The van der Waals surface area contributed by atoms with Crippen LogP contribution in [0.5, 0.6) is 0 Å². The van der Waals surface area contributed by atoms with Gasteiger partial charge in [0.1, 0.15) is 0 Å². The first kappa shape index (κ1) is 8.66. The van der Waals surface area contributed by atoms with Crippen LogP contribution in [-0.4, -0.2) is 26.7 Å². The second kappa shape index (κ2) is 5.79. The van der Waals surface area contributed by atoms with Crippen molar-refractivity contribution in [1.29, 1.82) is 0 Å². The molecule has 0 bridgehead atoms. The van der Waals surface area contributed by atoms with Crippen molar-refractivity contribution in [2.24, 2.45) is 0 Å². The molecule has 0 aliphatic rings. The lowest BCUT2D eigenvalue weighted by Crippen LogP contribution is -2.25. The van der Waals surface area contributed by atoms with Crippen molar-refractivity contribution >= 4 is 0 Å². The highest BCUT2D eigenvalue weighted by molar-refractivity contribution is 4.90. The fourth-order valence-electron chi connectivity index (χ4n) is 0.515. The molecular weight excluding hydrogens is 112 g/mol. The fraction of sp³-hybridized carbons (Fsp3) is 0.714. The van der Waals surface area contributed by atoms with E-state index in [1.54, 1.807) is 0 Å². The van der Waals surface area contributed by atoms with Crippen LogP contribution in [0.25, 0.3) is 0 Å². The summed E-state index contributed by atoms with van der Waals surface area (Å²) in [5, 5.41) is 6.27. The van der Waals surface area contributed by atoms with Gasteiger partial charge in [0.15, 0.2) is 0 Å². The summed E-state index contributed by atoms with van der Waals surface area (Å²) in [7, 11) is 1.95. The standard InChI is InChI=1S/C7H16N2/c1-7(2)6-9-5-4-8-3/h8-9H,1,4-6H2,2-3H3. The molecule has 0 radical (unpaired) electrons. The summed E-state index contributed by atoms with van der Waals surface area (Å²) < 4.78 is 0. The molecule has 0 unspecified atom stereocenters. The van der Waals surface area contributed by atoms with E-state index in [2.05, 4.69) is 17.2 Å². The van der Waals surface area contributed by atoms with Crippen molar-refractivity contribution in [3.8, 4) is 0 Å². The minimum atomic E-state index is 0.932. The van der Waals surface area contributed by atoms with Gasteiger partial charge in [-0.15, -0.1) is 0 Å². The minimum absolute atomic E-state index is 0.932. The van der Waals surface area contributed by atoms with Gasteiger partial charge in [0, 0.05) is 19.6 Å². The van der Waals surface area contributed by atoms with E-state index in [9.17, 15) is 0 Å². The van der Waals surface area contributed by atoms with E-state index in [1.807, 2.05) is 14.0 Å². The Kier molecular flexibility index (Phi) is 5.57. The van der Waals surface area contributed by atoms with Crippen LogP contribution >= 0.6 is 0 Å². The Morgan fingerprint density at radius 2 is 2.11 bits per heavy atom. The molecule has 0 aliphatic carbocycles. The molecule has 54 valence electrons. The van der Waals surface area contributed by atoms with Crippen molar-refractivity contribution < 1.29 is 0 Å². The number of likely N-dealkylation sites (N-methyl/N-ethyl adjacent to an activating group) is 1. The molecule has 2 heteroatoms. The van der Waals surface area contributed by atoms with Crippen LogP contribution in [0.4, 0.5) is 0 Å². The van der Waals surface area contributed by atoms with Gasteiger partial charge in [0.25, 0.3) is 0 Å². The maximum absolute atomic E-state index is 3.77. The molecule has 0 aromatic carbocycles. The molecule has 0 aromatic heterocycles. The zero-order valence-corrected chi connectivity index (χ0v) is 6.33. The molecule has 0 amide bonds. The second-order valence-electron chi connectivity index (χ2n) is 2.24. The van der Waals surface area contributed by atoms with Crippen LogP contribution in [0.15, 0.2) is 12.2 Å². The van der Waals surface area contributed by atoms with Gasteiger partial charge in [-0.2, -0.15) is 0 Å². The van der Waals surface area contributed by atoms with Crippen molar-refractivity contribution in [3.05, 3.63) is 12.2 Å². The molecular formula is C7H16N2. The van der Waals surface area contributed by atoms with Gasteiger partial charge >= 0.3 is 0 Å². The Morgan fingerprint density at radius 3 is 2.56 bits per heavy atom. The van der Waals surface area contributed by atoms with Gasteiger partial charge < -0.3 is 10.6 Å². The second-order valence-corrected chi connectivity index (χ2v) is 2.24. The number of nitrogens with one attached hydrogen (secondary N) is 2. The lowest BCUT2D eigenvalue weighted by molar-refractivity contribution is 0.680. The van der Waals surface area contributed by atoms with E-state index in [0.717, 1.165) is 19.6 Å². The highest BCUT2D eigenvalue weighted by Crippen LogP contribution is 1.79. The topological polar surface area (TPSA) is 24.1 Å². The molecule has 2 N–H and O–H groups in total. The summed E-state index contributed by atoms with van der Waals surface area (Å²) in [6.07, 6.45) is 0. The van der Waals surface area contributed by atoms with Gasteiger partial charge in [-0.3, -0.25) is 0 Å². The minimum Gasteiger partial charge on any atom is -0.318 e. The third-order valence-corrected chi connectivity index (χ3v) is 0.979. The quantitative estimate of drug-likeness (QED) is 0.413. The Labute approximate surface area is 57.3 Å². The van der Waals surface area contributed by atoms with Gasteiger partial charge in [-0.25, -0.2) is 0 Å². The molecule has 0 fully saturated rings. The Morgan fingerprint density at radius 1 is 1.44 bits per heavy atom. The van der Waals surface area contributed by atoms with E-state index < -0.39 is 0 Å². The van der Waals surface area contributed by atoms with E-state index in [-0.39, 0.29) is 0 Å². The van der Waals surface area contributed by atoms with E-state index in [4.69, 9.17) is 0 Å². The van der Waals surface area contributed by atoms with Gasteiger partial charge in [-0.05, 0) is 14.0 Å². The average molecular weight is 128 g/mol. The van der Waals surface area contributed by atoms with Gasteiger partial charge in [0.2, 0.25) is 0 Å². The van der Waals surface area contributed by atoms with Crippen molar-refractivity contribution in [3.63, 3.8) is 0 Å². The normalized spacial score (nSPS) is 9.56. The van der Waals surface area contributed by atoms with Gasteiger partial charge in [0.05, 0.1) is 0 Å². The van der Waals surface area contributed by atoms with Crippen LogP contribution in [0, 0.1) is 0 Å². The third-order valence-electron chi connectivity index (χ3n) is 0.979. The molecule has 0 rings (SSSR count). The van der Waals surface area contributed by atoms with E-state index in [0.29, 0.717) is 0 Å². The lowest BCUT2D eigenvalue weighted by Gasteiger charge is -2.01. The number of rotatable bonds is 5. The van der Waals surface area contributed by atoms with Crippen LogP contribution in [-0.2, 0) is 0 Å². The van der Waals surface area contributed by atoms with Crippen LogP contribution < -0.4 is 10.6 Å². The van der Waals surface area contributed by atoms with E-state index >= 15 is 0 Å². The highest BCUT2D eigenvalue weighted by atomic mass is 14.9. The smallest absolute Gasteiger partial charge is 0.0159 e. The van der Waals surface area contributed by atoms with Crippen molar-refractivity contribution in [2.75, 3.05) is 26.7 Å². The molecule has 0 aromatic rings. The summed E-state index contributed by atoms with van der Waals surface area (Å²) in [6, 6.07) is 0. The molecule has 0 heterocycles. The first-order valence-corrected chi connectivity index (χ1v) is 3.27. The summed E-state index contributed by atoms with van der Waals surface area (Å²) in [5.74, 6) is 0.